The normalized spacial score (nSPS) is 17.0. The molecule has 4 heteroatoms. The minimum Gasteiger partial charge on any atom is -0.508 e. The Bertz CT molecular complexity index is 1310. The molecule has 0 bridgehead atoms. The van der Waals surface area contributed by atoms with E-state index in [4.69, 9.17) is 9.47 Å². The molecule has 0 aliphatic heterocycles. The molecule has 0 saturated carbocycles. The molecule has 0 saturated heterocycles. The van der Waals surface area contributed by atoms with Crippen LogP contribution in [0.15, 0.2) is 48.1 Å². The number of allylic oxidation sites excluding steroid dienone is 3. The molecule has 3 rings (SSSR count). The minimum absolute atomic E-state index is 0.0303. The summed E-state index contributed by atoms with van der Waals surface area (Å²) < 4.78 is 13.0. The summed E-state index contributed by atoms with van der Waals surface area (Å²) in [4.78, 5) is 0. The fourth-order valence-corrected chi connectivity index (χ4v) is 7.25. The van der Waals surface area contributed by atoms with Gasteiger partial charge in [0.2, 0.25) is 0 Å². The molecule has 0 amide bonds. The fraction of sp³-hybridized carbons (Fsp3) is 0.636. The Labute approximate surface area is 294 Å². The lowest BCUT2D eigenvalue weighted by Crippen LogP contribution is -2.19. The van der Waals surface area contributed by atoms with E-state index in [1.807, 2.05) is 12.1 Å². The van der Waals surface area contributed by atoms with E-state index in [2.05, 4.69) is 73.3 Å². The third kappa shape index (κ3) is 12.5. The molecule has 0 radical (unpaired) electrons. The first-order valence-corrected chi connectivity index (χ1v) is 19.3. The van der Waals surface area contributed by atoms with Crippen LogP contribution in [-0.2, 0) is 19.3 Å². The zero-order valence-corrected chi connectivity index (χ0v) is 31.6. The van der Waals surface area contributed by atoms with Crippen LogP contribution in [0.1, 0.15) is 154 Å². The number of phenols is 2. The average molecular weight is 661 g/mol. The molecule has 0 aromatic heterocycles. The highest BCUT2D eigenvalue weighted by Gasteiger charge is 2.30. The Kier molecular flexibility index (Phi) is 17.0. The van der Waals surface area contributed by atoms with Crippen molar-refractivity contribution in [3.05, 3.63) is 70.3 Å². The first-order valence-electron chi connectivity index (χ1n) is 19.3. The van der Waals surface area contributed by atoms with Gasteiger partial charge in [-0.1, -0.05) is 103 Å². The number of rotatable bonds is 22. The van der Waals surface area contributed by atoms with Crippen LogP contribution >= 0.6 is 0 Å². The van der Waals surface area contributed by atoms with Gasteiger partial charge >= 0.3 is 0 Å². The Balaban J connectivity index is 1.81. The zero-order valence-electron chi connectivity index (χ0n) is 31.6. The molecular weight excluding hydrogens is 592 g/mol. The number of hydrogen-bond donors (Lipinski definition) is 2. The van der Waals surface area contributed by atoms with Crippen LogP contribution in [0.3, 0.4) is 0 Å². The first-order chi connectivity index (χ1) is 23.0. The smallest absolute Gasteiger partial charge is 0.127 e. The van der Waals surface area contributed by atoms with Crippen molar-refractivity contribution in [2.24, 2.45) is 17.8 Å². The minimum atomic E-state index is 0.0303. The summed E-state index contributed by atoms with van der Waals surface area (Å²) in [6.45, 7) is 20.7. The topological polar surface area (TPSA) is 58.9 Å². The van der Waals surface area contributed by atoms with Crippen LogP contribution in [0.4, 0.5) is 0 Å². The lowest BCUT2D eigenvalue weighted by atomic mass is 9.73. The molecule has 2 aromatic carbocycles. The van der Waals surface area contributed by atoms with Gasteiger partial charge in [-0.25, -0.2) is 0 Å². The average Bonchev–Trinajstić information content (AvgIpc) is 3.02. The largest absolute Gasteiger partial charge is 0.508 e. The second-order valence-corrected chi connectivity index (χ2v) is 15.2. The van der Waals surface area contributed by atoms with Crippen molar-refractivity contribution in [1.82, 2.24) is 0 Å². The van der Waals surface area contributed by atoms with Crippen LogP contribution in [0, 0.1) is 17.8 Å². The van der Waals surface area contributed by atoms with Crippen molar-refractivity contribution in [2.45, 2.75) is 151 Å². The summed E-state index contributed by atoms with van der Waals surface area (Å²) in [7, 11) is 0. The van der Waals surface area contributed by atoms with Gasteiger partial charge < -0.3 is 19.7 Å². The van der Waals surface area contributed by atoms with E-state index in [-0.39, 0.29) is 11.8 Å². The summed E-state index contributed by atoms with van der Waals surface area (Å²) in [5, 5.41) is 22.7. The highest BCUT2D eigenvalue weighted by molar-refractivity contribution is 5.53. The van der Waals surface area contributed by atoms with Gasteiger partial charge in [-0.3, -0.25) is 0 Å². The highest BCUT2D eigenvalue weighted by Crippen LogP contribution is 2.47. The molecule has 48 heavy (non-hydrogen) atoms. The van der Waals surface area contributed by atoms with E-state index < -0.39 is 0 Å². The third-order valence-corrected chi connectivity index (χ3v) is 10.2. The van der Waals surface area contributed by atoms with Crippen molar-refractivity contribution < 1.29 is 19.7 Å². The first kappa shape index (κ1) is 39.6. The second-order valence-electron chi connectivity index (χ2n) is 15.2. The number of ether oxygens (including phenoxy) is 2. The van der Waals surface area contributed by atoms with Crippen molar-refractivity contribution in [2.75, 3.05) is 13.2 Å². The summed E-state index contributed by atoms with van der Waals surface area (Å²) >= 11 is 0. The Morgan fingerprint density at radius 2 is 1.40 bits per heavy atom. The summed E-state index contributed by atoms with van der Waals surface area (Å²) in [5.41, 5.74) is 6.50. The van der Waals surface area contributed by atoms with Gasteiger partial charge in [0, 0.05) is 17.0 Å². The van der Waals surface area contributed by atoms with E-state index >= 15 is 0 Å². The van der Waals surface area contributed by atoms with E-state index in [1.165, 1.54) is 37.7 Å². The van der Waals surface area contributed by atoms with Gasteiger partial charge in [0.1, 0.15) is 36.2 Å². The van der Waals surface area contributed by atoms with Gasteiger partial charge in [0.05, 0.1) is 0 Å². The quantitative estimate of drug-likeness (QED) is 0.0974. The van der Waals surface area contributed by atoms with Crippen LogP contribution in [0.5, 0.6) is 23.0 Å². The molecule has 0 spiro atoms. The zero-order chi connectivity index (χ0) is 35.1. The van der Waals surface area contributed by atoms with Crippen molar-refractivity contribution in [1.29, 1.82) is 0 Å². The lowest BCUT2D eigenvalue weighted by molar-refractivity contribution is 0.212. The number of benzene rings is 2. The van der Waals surface area contributed by atoms with Crippen molar-refractivity contribution >= 4 is 0 Å². The van der Waals surface area contributed by atoms with E-state index in [9.17, 15) is 10.2 Å². The molecule has 2 aromatic rings. The van der Waals surface area contributed by atoms with Crippen LogP contribution < -0.4 is 9.47 Å². The maximum atomic E-state index is 11.5. The SMILES string of the molecule is C=C(C)[C@@H]1CCC(C)=C[C@H]1c1c(O)cc(CCCCC)cc1OCCOc1cc(CCCCC)cc(O)c1CC[C@@H](C)CCCC(C)C. The number of unbranched alkanes of at least 4 members (excludes halogenated alkanes) is 4. The van der Waals surface area contributed by atoms with E-state index in [0.717, 1.165) is 109 Å². The Hall–Kier alpha value is -2.88. The molecule has 0 unspecified atom stereocenters. The van der Waals surface area contributed by atoms with Crippen LogP contribution in [-0.4, -0.2) is 23.4 Å². The summed E-state index contributed by atoms with van der Waals surface area (Å²) in [6, 6.07) is 8.19. The monoisotopic (exact) mass is 661 g/mol. The van der Waals surface area contributed by atoms with Gasteiger partial charge in [0.15, 0.2) is 0 Å². The number of hydrogen-bond acceptors (Lipinski definition) is 4. The fourth-order valence-electron chi connectivity index (χ4n) is 7.25. The summed E-state index contributed by atoms with van der Waals surface area (Å²) in [6.07, 6.45) is 18.7. The molecule has 0 fully saturated rings. The highest BCUT2D eigenvalue weighted by atomic mass is 16.5. The van der Waals surface area contributed by atoms with Gasteiger partial charge in [0.25, 0.3) is 0 Å². The molecule has 1 aliphatic rings. The molecular formula is C44H68O4. The number of aryl methyl sites for hydroxylation is 2. The lowest BCUT2D eigenvalue weighted by Gasteiger charge is -2.32. The van der Waals surface area contributed by atoms with Gasteiger partial charge in [-0.15, -0.1) is 0 Å². The van der Waals surface area contributed by atoms with Gasteiger partial charge in [-0.05, 0) is 118 Å². The molecule has 3 atom stereocenters. The maximum Gasteiger partial charge on any atom is 0.127 e. The predicted molar refractivity (Wildman–Crippen MR) is 204 cm³/mol. The molecule has 1 aliphatic carbocycles. The van der Waals surface area contributed by atoms with Crippen molar-refractivity contribution in [3.63, 3.8) is 0 Å². The predicted octanol–water partition coefficient (Wildman–Crippen LogP) is 12.4. The maximum absolute atomic E-state index is 11.5. The third-order valence-electron chi connectivity index (χ3n) is 10.2. The van der Waals surface area contributed by atoms with E-state index in [1.54, 1.807) is 0 Å². The number of phenolic OH excluding ortho intramolecular Hbond substituents is 2. The molecule has 4 nitrogen and oxygen atoms in total. The van der Waals surface area contributed by atoms with E-state index in [0.29, 0.717) is 30.6 Å². The van der Waals surface area contributed by atoms with Crippen molar-refractivity contribution in [3.8, 4) is 23.0 Å². The Morgan fingerprint density at radius 1 is 0.792 bits per heavy atom. The van der Waals surface area contributed by atoms with Crippen LogP contribution in [0.2, 0.25) is 0 Å². The second kappa shape index (κ2) is 20.6. The number of aromatic hydroxyl groups is 2. The molecule has 0 heterocycles. The summed E-state index contributed by atoms with van der Waals surface area (Å²) in [5.74, 6) is 3.83. The molecule has 268 valence electrons. The van der Waals surface area contributed by atoms with Gasteiger partial charge in [-0.2, -0.15) is 0 Å². The molecule has 2 N–H and O–H groups in total. The Morgan fingerprint density at radius 3 is 2.00 bits per heavy atom. The standard InChI is InChI=1S/C44H68O4/c1-9-11-13-18-35-27-40(45)38(23-20-33(7)17-15-16-31(3)4)42(29-35)47-24-25-48-43-30-36(19-14-12-10-2)28-41(46)44(43)39-26-34(8)21-22-37(39)32(5)6/h26-31,33,37,39,45-46H,5,9-25H2,1-4,6-8H3/t33-,37-,39+/m0/s1. The van der Waals surface area contributed by atoms with Crippen LogP contribution in [0.25, 0.3) is 0 Å².